The van der Waals surface area contributed by atoms with E-state index in [9.17, 15) is 0 Å². The average Bonchev–Trinajstić information content (AvgIpc) is 2.97. The first kappa shape index (κ1) is 9.42. The molecule has 4 heteroatoms. The van der Waals surface area contributed by atoms with Gasteiger partial charge in [0.1, 0.15) is 0 Å². The molecule has 2 N–H and O–H groups in total. The van der Waals surface area contributed by atoms with Crippen molar-refractivity contribution < 1.29 is 0 Å². The molecule has 0 aliphatic carbocycles. The number of H-pyrrole nitrogens is 1. The minimum atomic E-state index is 0.864. The van der Waals surface area contributed by atoms with Crippen LogP contribution in [-0.2, 0) is 6.54 Å². The van der Waals surface area contributed by atoms with Crippen LogP contribution in [-0.4, -0.2) is 10.2 Å². The Kier molecular flexibility index (Phi) is 2.34. The number of benzene rings is 1. The van der Waals surface area contributed by atoms with Crippen molar-refractivity contribution in [3.05, 3.63) is 46.8 Å². The molecule has 2 heterocycles. The van der Waals surface area contributed by atoms with Crippen molar-refractivity contribution in [2.24, 2.45) is 0 Å². The first-order chi connectivity index (χ1) is 7.92. The Bertz CT molecular complexity index is 583. The number of nitrogens with one attached hydrogen (secondary N) is 2. The van der Waals surface area contributed by atoms with Gasteiger partial charge < -0.3 is 5.32 Å². The largest absolute Gasteiger partial charge is 0.381 e. The summed E-state index contributed by atoms with van der Waals surface area (Å²) in [4.78, 5) is 0. The van der Waals surface area contributed by atoms with Crippen LogP contribution in [0.5, 0.6) is 0 Å². The van der Waals surface area contributed by atoms with Crippen molar-refractivity contribution in [1.82, 2.24) is 10.2 Å². The summed E-state index contributed by atoms with van der Waals surface area (Å²) >= 11 is 1.72. The molecule has 0 saturated heterocycles. The Labute approximate surface area is 97.1 Å². The van der Waals surface area contributed by atoms with Crippen LogP contribution in [0.15, 0.2) is 41.2 Å². The minimum absolute atomic E-state index is 0.864. The summed E-state index contributed by atoms with van der Waals surface area (Å²) in [7, 11) is 0. The normalized spacial score (nSPS) is 10.8. The van der Waals surface area contributed by atoms with Gasteiger partial charge in [-0.25, -0.2) is 0 Å². The smallest absolute Gasteiger partial charge is 0.0670 e. The highest BCUT2D eigenvalue weighted by molar-refractivity contribution is 7.07. The molecule has 16 heavy (non-hydrogen) atoms. The van der Waals surface area contributed by atoms with Crippen LogP contribution in [0.4, 0.5) is 5.69 Å². The van der Waals surface area contributed by atoms with Gasteiger partial charge in [-0.2, -0.15) is 16.4 Å². The third-order valence-corrected chi connectivity index (χ3v) is 3.25. The number of fused-ring (bicyclic) bond motifs is 1. The zero-order valence-electron chi connectivity index (χ0n) is 8.60. The third-order valence-electron chi connectivity index (χ3n) is 2.52. The van der Waals surface area contributed by atoms with Crippen molar-refractivity contribution >= 4 is 27.9 Å². The highest BCUT2D eigenvalue weighted by Gasteiger charge is 1.98. The molecule has 0 aliphatic rings. The summed E-state index contributed by atoms with van der Waals surface area (Å²) in [6, 6.07) is 8.35. The fourth-order valence-corrected chi connectivity index (χ4v) is 2.31. The Morgan fingerprint density at radius 2 is 2.31 bits per heavy atom. The number of rotatable bonds is 3. The van der Waals surface area contributed by atoms with Gasteiger partial charge in [-0.05, 0) is 40.6 Å². The molecule has 0 amide bonds. The van der Waals surface area contributed by atoms with Gasteiger partial charge in [-0.15, -0.1) is 0 Å². The quantitative estimate of drug-likeness (QED) is 0.724. The van der Waals surface area contributed by atoms with E-state index in [-0.39, 0.29) is 0 Å². The highest BCUT2D eigenvalue weighted by atomic mass is 32.1. The molecule has 0 fully saturated rings. The predicted molar refractivity (Wildman–Crippen MR) is 67.7 cm³/mol. The van der Waals surface area contributed by atoms with Crippen LogP contribution < -0.4 is 5.32 Å². The third kappa shape index (κ3) is 1.79. The zero-order valence-corrected chi connectivity index (χ0v) is 9.42. The number of hydrogen-bond donors (Lipinski definition) is 2. The Morgan fingerprint density at radius 3 is 3.19 bits per heavy atom. The number of anilines is 1. The molecule has 2 aromatic heterocycles. The SMILES string of the molecule is c1cc(CNc2ccc3cn[nH]c3c2)cs1. The minimum Gasteiger partial charge on any atom is -0.381 e. The summed E-state index contributed by atoms with van der Waals surface area (Å²) in [5.41, 5.74) is 3.49. The van der Waals surface area contributed by atoms with Crippen LogP contribution in [0.1, 0.15) is 5.56 Å². The number of aromatic nitrogens is 2. The molecule has 0 unspecified atom stereocenters. The lowest BCUT2D eigenvalue weighted by Gasteiger charge is -2.04. The van der Waals surface area contributed by atoms with Gasteiger partial charge in [-0.3, -0.25) is 5.10 Å². The van der Waals surface area contributed by atoms with E-state index in [1.807, 2.05) is 6.20 Å². The monoisotopic (exact) mass is 229 g/mol. The molecule has 0 bridgehead atoms. The molecule has 0 saturated carbocycles. The summed E-state index contributed by atoms with van der Waals surface area (Å²) < 4.78 is 0. The van der Waals surface area contributed by atoms with E-state index in [0.717, 1.165) is 23.1 Å². The second-order valence-corrected chi connectivity index (χ2v) is 4.44. The standard InChI is InChI=1S/C12H11N3S/c1-2-11(5-12-10(1)7-14-15-12)13-6-9-3-4-16-8-9/h1-5,7-8,13H,6H2,(H,14,15). The fourth-order valence-electron chi connectivity index (χ4n) is 1.64. The predicted octanol–water partition coefficient (Wildman–Crippen LogP) is 3.24. The summed E-state index contributed by atoms with van der Waals surface area (Å²) in [6.45, 7) is 0.864. The lowest BCUT2D eigenvalue weighted by atomic mass is 10.2. The first-order valence-corrected chi connectivity index (χ1v) is 6.04. The van der Waals surface area contributed by atoms with Gasteiger partial charge in [-0.1, -0.05) is 0 Å². The van der Waals surface area contributed by atoms with Crippen LogP contribution in [0.3, 0.4) is 0 Å². The van der Waals surface area contributed by atoms with E-state index in [1.54, 1.807) is 11.3 Å². The zero-order chi connectivity index (χ0) is 10.8. The molecule has 3 rings (SSSR count). The molecule has 3 aromatic rings. The topological polar surface area (TPSA) is 40.7 Å². The van der Waals surface area contributed by atoms with Crippen LogP contribution in [0.25, 0.3) is 10.9 Å². The fraction of sp³-hybridized carbons (Fsp3) is 0.0833. The van der Waals surface area contributed by atoms with Gasteiger partial charge in [0.25, 0.3) is 0 Å². The summed E-state index contributed by atoms with van der Waals surface area (Å²) in [5, 5.41) is 15.7. The average molecular weight is 229 g/mol. The highest BCUT2D eigenvalue weighted by Crippen LogP contribution is 2.17. The first-order valence-electron chi connectivity index (χ1n) is 5.10. The number of nitrogens with zero attached hydrogens (tertiary/aromatic N) is 1. The Hall–Kier alpha value is -1.81. The number of thiophene rings is 1. The van der Waals surface area contributed by atoms with Crippen molar-refractivity contribution in [3.8, 4) is 0 Å². The maximum atomic E-state index is 4.00. The molecular weight excluding hydrogens is 218 g/mol. The number of hydrogen-bond acceptors (Lipinski definition) is 3. The second-order valence-electron chi connectivity index (χ2n) is 3.66. The van der Waals surface area contributed by atoms with Crippen molar-refractivity contribution in [3.63, 3.8) is 0 Å². The van der Waals surface area contributed by atoms with Gasteiger partial charge in [0.2, 0.25) is 0 Å². The van der Waals surface area contributed by atoms with Crippen LogP contribution in [0, 0.1) is 0 Å². The van der Waals surface area contributed by atoms with Crippen molar-refractivity contribution in [1.29, 1.82) is 0 Å². The molecule has 0 atom stereocenters. The second kappa shape index (κ2) is 3.98. The molecule has 1 aromatic carbocycles. The van der Waals surface area contributed by atoms with Crippen molar-refractivity contribution in [2.45, 2.75) is 6.54 Å². The van der Waals surface area contributed by atoms with Crippen LogP contribution >= 0.6 is 11.3 Å². The molecule has 0 aliphatic heterocycles. The van der Waals surface area contributed by atoms with E-state index < -0.39 is 0 Å². The van der Waals surface area contributed by atoms with Gasteiger partial charge in [0.05, 0.1) is 11.7 Å². The van der Waals surface area contributed by atoms with Crippen molar-refractivity contribution in [2.75, 3.05) is 5.32 Å². The molecule has 0 spiro atoms. The molecule has 0 radical (unpaired) electrons. The Morgan fingerprint density at radius 1 is 1.31 bits per heavy atom. The Balaban J connectivity index is 1.78. The van der Waals surface area contributed by atoms with E-state index in [2.05, 4.69) is 50.5 Å². The van der Waals surface area contributed by atoms with E-state index in [4.69, 9.17) is 0 Å². The van der Waals surface area contributed by atoms with Crippen LogP contribution in [0.2, 0.25) is 0 Å². The van der Waals surface area contributed by atoms with Gasteiger partial charge in [0.15, 0.2) is 0 Å². The summed E-state index contributed by atoms with van der Waals surface area (Å²) in [6.07, 6.45) is 1.83. The van der Waals surface area contributed by atoms with E-state index in [1.165, 1.54) is 5.56 Å². The van der Waals surface area contributed by atoms with Gasteiger partial charge in [0, 0.05) is 17.6 Å². The number of aromatic amines is 1. The lowest BCUT2D eigenvalue weighted by Crippen LogP contribution is -1.97. The molecule has 3 nitrogen and oxygen atoms in total. The van der Waals surface area contributed by atoms with Gasteiger partial charge >= 0.3 is 0 Å². The maximum Gasteiger partial charge on any atom is 0.0670 e. The molecular formula is C12H11N3S. The lowest BCUT2D eigenvalue weighted by molar-refractivity contribution is 1.12. The van der Waals surface area contributed by atoms with E-state index in [0.29, 0.717) is 0 Å². The molecule has 80 valence electrons. The maximum absolute atomic E-state index is 4.00. The summed E-state index contributed by atoms with van der Waals surface area (Å²) in [5.74, 6) is 0. The van der Waals surface area contributed by atoms with E-state index >= 15 is 0 Å².